The van der Waals surface area contributed by atoms with Crippen molar-refractivity contribution in [2.75, 3.05) is 17.2 Å². The van der Waals surface area contributed by atoms with Crippen molar-refractivity contribution in [3.63, 3.8) is 0 Å². The standard InChI is InChI=1S/C36H41ClN6O3/c1-22(2)40-32-15-13-27(21-38-32)35(45)41-30-20-26(12-14-29(30)37)36(46)43-19-17-28(34(44)33(43)25-6-4-5-7-25)23-8-10-24(11-9-23)31-16-18-39-42(31)3/h8-16,18,20-22,25,28,33-34,44H,4-7,17,19H2,1-3H3,(H,38,40)(H,41,45)/t28-,33?,34-/m1/s1. The van der Waals surface area contributed by atoms with Gasteiger partial charge in [-0.05, 0) is 86.6 Å². The average molecular weight is 641 g/mol. The largest absolute Gasteiger partial charge is 0.390 e. The molecule has 9 nitrogen and oxygen atoms in total. The van der Waals surface area contributed by atoms with Gasteiger partial charge in [-0.3, -0.25) is 14.3 Å². The number of aliphatic hydroxyl groups excluding tert-OH is 1. The number of piperidine rings is 1. The molecule has 1 aliphatic carbocycles. The quantitative estimate of drug-likeness (QED) is 0.196. The summed E-state index contributed by atoms with van der Waals surface area (Å²) in [6.45, 7) is 4.55. The predicted molar refractivity (Wildman–Crippen MR) is 181 cm³/mol. The molecule has 0 spiro atoms. The molecule has 2 aromatic carbocycles. The number of aliphatic hydroxyl groups is 1. The number of likely N-dealkylation sites (tertiary alicyclic amines) is 1. The van der Waals surface area contributed by atoms with E-state index in [0.29, 0.717) is 40.6 Å². The highest BCUT2D eigenvalue weighted by Crippen LogP contribution is 2.41. The van der Waals surface area contributed by atoms with Gasteiger partial charge in [0.2, 0.25) is 0 Å². The molecule has 6 rings (SSSR count). The van der Waals surface area contributed by atoms with Crippen LogP contribution in [-0.4, -0.2) is 61.3 Å². The van der Waals surface area contributed by atoms with Gasteiger partial charge in [-0.1, -0.05) is 48.7 Å². The van der Waals surface area contributed by atoms with Gasteiger partial charge in [0.15, 0.2) is 0 Å². The third kappa shape index (κ3) is 6.66. The summed E-state index contributed by atoms with van der Waals surface area (Å²) in [5, 5.41) is 22.6. The van der Waals surface area contributed by atoms with Crippen molar-refractivity contribution in [1.82, 2.24) is 19.7 Å². The Morgan fingerprint density at radius 1 is 0.978 bits per heavy atom. The zero-order valence-electron chi connectivity index (χ0n) is 26.5. The second kappa shape index (κ2) is 13.6. The number of amides is 2. The van der Waals surface area contributed by atoms with Gasteiger partial charge in [0, 0.05) is 43.5 Å². The summed E-state index contributed by atoms with van der Waals surface area (Å²) in [5.41, 5.74) is 4.32. The first-order valence-electron chi connectivity index (χ1n) is 16.1. The highest BCUT2D eigenvalue weighted by molar-refractivity contribution is 6.34. The number of aromatic nitrogens is 3. The molecule has 3 N–H and O–H groups in total. The number of nitrogens with one attached hydrogen (secondary N) is 2. The van der Waals surface area contributed by atoms with Crippen LogP contribution in [0.15, 0.2) is 73.1 Å². The lowest BCUT2D eigenvalue weighted by molar-refractivity contribution is -0.0220. The van der Waals surface area contributed by atoms with E-state index in [1.807, 2.05) is 36.5 Å². The van der Waals surface area contributed by atoms with Crippen LogP contribution in [0.5, 0.6) is 0 Å². The van der Waals surface area contributed by atoms with Gasteiger partial charge in [0.05, 0.1) is 34.1 Å². The maximum atomic E-state index is 14.1. The first-order valence-corrected chi connectivity index (χ1v) is 16.5. The fourth-order valence-corrected chi connectivity index (χ4v) is 7.20. The van der Waals surface area contributed by atoms with Crippen LogP contribution < -0.4 is 10.6 Å². The molecule has 4 aromatic rings. The van der Waals surface area contributed by atoms with Crippen LogP contribution in [0.3, 0.4) is 0 Å². The van der Waals surface area contributed by atoms with E-state index in [2.05, 4.69) is 45.0 Å². The van der Waals surface area contributed by atoms with Crippen LogP contribution >= 0.6 is 11.6 Å². The number of halogens is 1. The van der Waals surface area contributed by atoms with E-state index in [-0.39, 0.29) is 35.7 Å². The Balaban J connectivity index is 1.20. The van der Waals surface area contributed by atoms with Gasteiger partial charge in [0.1, 0.15) is 5.82 Å². The Kier molecular flexibility index (Phi) is 9.42. The van der Waals surface area contributed by atoms with Crippen molar-refractivity contribution in [1.29, 1.82) is 0 Å². The van der Waals surface area contributed by atoms with Crippen LogP contribution in [-0.2, 0) is 7.05 Å². The molecule has 0 radical (unpaired) electrons. The van der Waals surface area contributed by atoms with E-state index in [0.717, 1.165) is 42.5 Å². The van der Waals surface area contributed by atoms with Gasteiger partial charge >= 0.3 is 0 Å². The van der Waals surface area contributed by atoms with E-state index in [4.69, 9.17) is 11.6 Å². The van der Waals surface area contributed by atoms with Crippen molar-refractivity contribution in [3.05, 3.63) is 94.8 Å². The lowest BCUT2D eigenvalue weighted by Gasteiger charge is -2.46. The smallest absolute Gasteiger partial charge is 0.257 e. The molecular formula is C36H41ClN6O3. The lowest BCUT2D eigenvalue weighted by atomic mass is 9.77. The number of carbonyl (C=O) groups is 2. The number of aryl methyl sites for hydroxylation is 1. The molecule has 2 aromatic heterocycles. The highest BCUT2D eigenvalue weighted by Gasteiger charge is 2.44. The molecule has 2 aliphatic rings. The van der Waals surface area contributed by atoms with Crippen molar-refractivity contribution in [2.45, 2.75) is 70.1 Å². The lowest BCUT2D eigenvalue weighted by Crippen LogP contribution is -2.56. The molecule has 46 heavy (non-hydrogen) atoms. The molecule has 2 amide bonds. The van der Waals surface area contributed by atoms with Gasteiger partial charge in [-0.25, -0.2) is 4.98 Å². The van der Waals surface area contributed by atoms with Crippen LogP contribution in [0.25, 0.3) is 11.3 Å². The van der Waals surface area contributed by atoms with Crippen molar-refractivity contribution >= 4 is 34.9 Å². The normalized spacial score (nSPS) is 20.2. The zero-order valence-corrected chi connectivity index (χ0v) is 27.2. The minimum atomic E-state index is -0.699. The molecule has 2 fully saturated rings. The van der Waals surface area contributed by atoms with Crippen molar-refractivity contribution in [3.8, 4) is 11.3 Å². The van der Waals surface area contributed by atoms with Gasteiger partial charge in [0.25, 0.3) is 11.8 Å². The monoisotopic (exact) mass is 640 g/mol. The summed E-state index contributed by atoms with van der Waals surface area (Å²) in [6, 6.07) is 18.7. The number of rotatable bonds is 8. The summed E-state index contributed by atoms with van der Waals surface area (Å²) in [5.74, 6) is 0.291. The molecule has 1 saturated carbocycles. The number of hydrogen-bond acceptors (Lipinski definition) is 6. The van der Waals surface area contributed by atoms with Crippen LogP contribution in [0.1, 0.15) is 78.1 Å². The Bertz CT molecular complexity index is 1680. The Morgan fingerprint density at radius 3 is 2.37 bits per heavy atom. The fraction of sp³-hybridized carbons (Fsp3) is 0.389. The number of pyridine rings is 1. The molecule has 1 unspecified atom stereocenters. The molecule has 3 atom stereocenters. The molecule has 1 aliphatic heterocycles. The number of hydrogen-bond donors (Lipinski definition) is 3. The van der Waals surface area contributed by atoms with Crippen LogP contribution in [0.4, 0.5) is 11.5 Å². The Morgan fingerprint density at radius 2 is 1.72 bits per heavy atom. The summed E-state index contributed by atoms with van der Waals surface area (Å²) < 4.78 is 1.84. The summed E-state index contributed by atoms with van der Waals surface area (Å²) >= 11 is 6.49. The van der Waals surface area contributed by atoms with E-state index in [1.165, 1.54) is 6.20 Å². The molecule has 10 heteroatoms. The molecule has 240 valence electrons. The molecule has 3 heterocycles. The SMILES string of the molecule is CC(C)Nc1ccc(C(=O)Nc2cc(C(=O)N3CC[C@H](c4ccc(-c5ccnn5C)cc4)[C@@H](O)C3C3CCCC3)ccc2Cl)cn1. The first-order chi connectivity index (χ1) is 22.2. The number of nitrogens with zero attached hydrogens (tertiary/aromatic N) is 4. The molecule has 1 saturated heterocycles. The van der Waals surface area contributed by atoms with Crippen molar-refractivity contribution in [2.24, 2.45) is 13.0 Å². The molecule has 0 bridgehead atoms. The Labute approximate surface area is 275 Å². The number of benzene rings is 2. The van der Waals surface area contributed by atoms with Gasteiger partial charge in [-0.15, -0.1) is 0 Å². The minimum absolute atomic E-state index is 0.0777. The highest BCUT2D eigenvalue weighted by atomic mass is 35.5. The topological polar surface area (TPSA) is 112 Å². The maximum absolute atomic E-state index is 14.1. The second-order valence-corrected chi connectivity index (χ2v) is 13.2. The van der Waals surface area contributed by atoms with Gasteiger partial charge < -0.3 is 20.6 Å². The summed E-state index contributed by atoms with van der Waals surface area (Å²) in [6.07, 6.45) is 7.40. The van der Waals surface area contributed by atoms with E-state index in [1.54, 1.807) is 36.5 Å². The average Bonchev–Trinajstić information content (AvgIpc) is 3.74. The van der Waals surface area contributed by atoms with Gasteiger partial charge in [-0.2, -0.15) is 5.10 Å². The van der Waals surface area contributed by atoms with E-state index < -0.39 is 6.10 Å². The zero-order chi connectivity index (χ0) is 32.4. The minimum Gasteiger partial charge on any atom is -0.390 e. The number of anilines is 2. The van der Waals surface area contributed by atoms with E-state index >= 15 is 0 Å². The fourth-order valence-electron chi connectivity index (χ4n) is 7.04. The summed E-state index contributed by atoms with van der Waals surface area (Å²) in [4.78, 5) is 33.4. The summed E-state index contributed by atoms with van der Waals surface area (Å²) in [7, 11) is 1.92. The maximum Gasteiger partial charge on any atom is 0.257 e. The third-order valence-corrected chi connectivity index (χ3v) is 9.66. The number of carbonyl (C=O) groups excluding carboxylic acids is 2. The van der Waals surface area contributed by atoms with Crippen LogP contribution in [0.2, 0.25) is 5.02 Å². The first kappa shape index (κ1) is 31.8. The Hall–Kier alpha value is -4.21. The van der Waals surface area contributed by atoms with Crippen LogP contribution in [0, 0.1) is 5.92 Å². The second-order valence-electron chi connectivity index (χ2n) is 12.8. The predicted octanol–water partition coefficient (Wildman–Crippen LogP) is 6.76. The molecular weight excluding hydrogens is 600 g/mol. The third-order valence-electron chi connectivity index (χ3n) is 9.33. The van der Waals surface area contributed by atoms with E-state index in [9.17, 15) is 14.7 Å². The van der Waals surface area contributed by atoms with Crippen molar-refractivity contribution < 1.29 is 14.7 Å².